The Morgan fingerprint density at radius 2 is 2.24 bits per heavy atom. The van der Waals surface area contributed by atoms with Gasteiger partial charge in [-0.1, -0.05) is 6.92 Å². The molecule has 7 heteroatoms. The van der Waals surface area contributed by atoms with Crippen molar-refractivity contribution in [2.24, 2.45) is 13.0 Å². The first-order valence-corrected chi connectivity index (χ1v) is 7.43. The average Bonchev–Trinajstić information content (AvgIpc) is 2.69. The van der Waals surface area contributed by atoms with Crippen molar-refractivity contribution in [2.75, 3.05) is 13.1 Å². The predicted molar refractivity (Wildman–Crippen MR) is 65.4 cm³/mol. The van der Waals surface area contributed by atoms with E-state index in [1.807, 2.05) is 6.92 Å². The third kappa shape index (κ3) is 2.34. The first kappa shape index (κ1) is 12.9. The second-order valence-electron chi connectivity index (χ2n) is 4.44. The number of alkyl halides is 1. The molecule has 0 radical (unpaired) electrons. The number of sulfonamides is 1. The lowest BCUT2D eigenvalue weighted by Crippen LogP contribution is -2.43. The lowest BCUT2D eigenvalue weighted by Gasteiger charge is -2.32. The first-order valence-electron chi connectivity index (χ1n) is 5.55. The standard InChI is InChI=1S/C10H16ClN3O2S/c1-8-7-14(6-4-9(8)11)17(15,16)10-3-5-12-13(10)2/h3,5,8-9H,4,6-7H2,1-2H3. The van der Waals surface area contributed by atoms with Crippen LogP contribution >= 0.6 is 11.6 Å². The molecule has 2 rings (SSSR count). The summed E-state index contributed by atoms with van der Waals surface area (Å²) in [5.41, 5.74) is 0. The van der Waals surface area contributed by atoms with E-state index in [1.54, 1.807) is 7.05 Å². The largest absolute Gasteiger partial charge is 0.260 e. The Balaban J connectivity index is 2.26. The van der Waals surface area contributed by atoms with Crippen LogP contribution in [0.1, 0.15) is 13.3 Å². The molecule has 1 aliphatic rings. The molecular formula is C10H16ClN3O2S. The van der Waals surface area contributed by atoms with Crippen molar-refractivity contribution in [3.05, 3.63) is 12.3 Å². The fourth-order valence-corrected chi connectivity index (χ4v) is 3.88. The maximum atomic E-state index is 12.3. The van der Waals surface area contributed by atoms with Gasteiger partial charge in [0.1, 0.15) is 0 Å². The summed E-state index contributed by atoms with van der Waals surface area (Å²) in [6, 6.07) is 1.52. The topological polar surface area (TPSA) is 55.2 Å². The molecule has 2 atom stereocenters. The van der Waals surface area contributed by atoms with Gasteiger partial charge in [-0.05, 0) is 18.4 Å². The Morgan fingerprint density at radius 1 is 1.53 bits per heavy atom. The summed E-state index contributed by atoms with van der Waals surface area (Å²) in [4.78, 5) is 0. The van der Waals surface area contributed by atoms with E-state index in [-0.39, 0.29) is 16.3 Å². The van der Waals surface area contributed by atoms with Crippen molar-refractivity contribution < 1.29 is 8.42 Å². The molecule has 1 fully saturated rings. The molecule has 2 unspecified atom stereocenters. The molecule has 0 spiro atoms. The van der Waals surface area contributed by atoms with Crippen LogP contribution in [0, 0.1) is 5.92 Å². The van der Waals surface area contributed by atoms with Gasteiger partial charge in [0, 0.05) is 25.5 Å². The van der Waals surface area contributed by atoms with Crippen LogP contribution < -0.4 is 0 Å². The van der Waals surface area contributed by atoms with Crippen LogP contribution in [0.4, 0.5) is 0 Å². The minimum absolute atomic E-state index is 0.0630. The Morgan fingerprint density at radius 3 is 2.76 bits per heavy atom. The van der Waals surface area contributed by atoms with Crippen molar-refractivity contribution in [3.8, 4) is 0 Å². The van der Waals surface area contributed by atoms with E-state index in [2.05, 4.69) is 5.10 Å². The number of nitrogens with zero attached hydrogens (tertiary/aromatic N) is 3. The van der Waals surface area contributed by atoms with Crippen LogP contribution in [0.5, 0.6) is 0 Å². The number of hydrogen-bond acceptors (Lipinski definition) is 3. The molecule has 2 heterocycles. The summed E-state index contributed by atoms with van der Waals surface area (Å²) < 4.78 is 27.6. The molecule has 0 aliphatic carbocycles. The van der Waals surface area contributed by atoms with E-state index in [1.165, 1.54) is 21.3 Å². The van der Waals surface area contributed by atoms with E-state index in [4.69, 9.17) is 11.6 Å². The molecule has 17 heavy (non-hydrogen) atoms. The number of aryl methyl sites for hydroxylation is 1. The highest BCUT2D eigenvalue weighted by molar-refractivity contribution is 7.89. The minimum Gasteiger partial charge on any atom is -0.256 e. The van der Waals surface area contributed by atoms with Crippen LogP contribution in [-0.4, -0.2) is 41.0 Å². The summed E-state index contributed by atoms with van der Waals surface area (Å²) in [6.45, 7) is 2.93. The lowest BCUT2D eigenvalue weighted by atomic mass is 10.0. The molecule has 5 nitrogen and oxygen atoms in total. The quantitative estimate of drug-likeness (QED) is 0.760. The zero-order chi connectivity index (χ0) is 12.6. The predicted octanol–water partition coefficient (Wildman–Crippen LogP) is 1.06. The molecule has 0 amide bonds. The Kier molecular flexibility index (Phi) is 3.47. The van der Waals surface area contributed by atoms with Crippen LogP contribution in [0.15, 0.2) is 17.3 Å². The summed E-state index contributed by atoms with van der Waals surface area (Å²) in [7, 11) is -1.80. The smallest absolute Gasteiger partial charge is 0.256 e. The van der Waals surface area contributed by atoms with Gasteiger partial charge in [-0.15, -0.1) is 11.6 Å². The third-order valence-electron chi connectivity index (χ3n) is 3.14. The van der Waals surface area contributed by atoms with Crippen LogP contribution in [-0.2, 0) is 17.1 Å². The van der Waals surface area contributed by atoms with Crippen molar-refractivity contribution >= 4 is 21.6 Å². The van der Waals surface area contributed by atoms with Gasteiger partial charge in [-0.3, -0.25) is 4.68 Å². The maximum absolute atomic E-state index is 12.3. The minimum atomic E-state index is -3.43. The van der Waals surface area contributed by atoms with Crippen LogP contribution in [0.3, 0.4) is 0 Å². The van der Waals surface area contributed by atoms with Gasteiger partial charge < -0.3 is 0 Å². The van der Waals surface area contributed by atoms with Gasteiger partial charge in [-0.25, -0.2) is 8.42 Å². The van der Waals surface area contributed by atoms with Gasteiger partial charge in [-0.2, -0.15) is 9.40 Å². The molecule has 1 aromatic heterocycles. The third-order valence-corrected chi connectivity index (χ3v) is 5.73. The molecule has 1 saturated heterocycles. The number of halogens is 1. The molecule has 0 bridgehead atoms. The fraction of sp³-hybridized carbons (Fsp3) is 0.700. The Hall–Kier alpha value is -0.590. The van der Waals surface area contributed by atoms with Crippen molar-refractivity contribution in [3.63, 3.8) is 0 Å². The van der Waals surface area contributed by atoms with Crippen molar-refractivity contribution in [1.82, 2.24) is 14.1 Å². The van der Waals surface area contributed by atoms with Crippen LogP contribution in [0.25, 0.3) is 0 Å². The highest BCUT2D eigenvalue weighted by atomic mass is 35.5. The monoisotopic (exact) mass is 277 g/mol. The van der Waals surface area contributed by atoms with E-state index >= 15 is 0 Å². The average molecular weight is 278 g/mol. The normalized spacial score (nSPS) is 27.2. The summed E-state index contributed by atoms with van der Waals surface area (Å²) in [5, 5.41) is 4.19. The highest BCUT2D eigenvalue weighted by Gasteiger charge is 2.33. The SMILES string of the molecule is CC1CN(S(=O)(=O)c2ccnn2C)CCC1Cl. The van der Waals surface area contributed by atoms with Crippen LogP contribution in [0.2, 0.25) is 0 Å². The maximum Gasteiger partial charge on any atom is 0.260 e. The molecule has 0 aromatic carbocycles. The van der Waals surface area contributed by atoms with E-state index < -0.39 is 10.0 Å². The molecule has 0 N–H and O–H groups in total. The Bertz CT molecular complexity index is 499. The molecule has 1 aromatic rings. The second-order valence-corrected chi connectivity index (χ2v) is 6.88. The summed E-state index contributed by atoms with van der Waals surface area (Å²) in [5.74, 6) is 0.174. The second kappa shape index (κ2) is 4.59. The number of rotatable bonds is 2. The lowest BCUT2D eigenvalue weighted by molar-refractivity contribution is 0.284. The fourth-order valence-electron chi connectivity index (χ4n) is 2.04. The number of piperidine rings is 1. The van der Waals surface area contributed by atoms with Gasteiger partial charge in [0.25, 0.3) is 10.0 Å². The zero-order valence-electron chi connectivity index (χ0n) is 9.88. The van der Waals surface area contributed by atoms with Gasteiger partial charge in [0.2, 0.25) is 0 Å². The molecule has 96 valence electrons. The van der Waals surface area contributed by atoms with Gasteiger partial charge >= 0.3 is 0 Å². The summed E-state index contributed by atoms with van der Waals surface area (Å²) in [6.07, 6.45) is 2.18. The molecule has 0 saturated carbocycles. The summed E-state index contributed by atoms with van der Waals surface area (Å²) >= 11 is 6.10. The van der Waals surface area contributed by atoms with Gasteiger partial charge in [0.15, 0.2) is 5.03 Å². The van der Waals surface area contributed by atoms with Gasteiger partial charge in [0.05, 0.1) is 6.20 Å². The first-order chi connectivity index (χ1) is 7.93. The highest BCUT2D eigenvalue weighted by Crippen LogP contribution is 2.26. The zero-order valence-corrected chi connectivity index (χ0v) is 11.4. The number of aromatic nitrogens is 2. The van der Waals surface area contributed by atoms with E-state index in [0.29, 0.717) is 19.5 Å². The molecular weight excluding hydrogens is 262 g/mol. The van der Waals surface area contributed by atoms with Crippen molar-refractivity contribution in [2.45, 2.75) is 23.7 Å². The Labute approximate surface area is 106 Å². The van der Waals surface area contributed by atoms with E-state index in [9.17, 15) is 8.42 Å². The van der Waals surface area contributed by atoms with E-state index in [0.717, 1.165) is 0 Å². The molecule has 1 aliphatic heterocycles. The van der Waals surface area contributed by atoms with Crippen molar-refractivity contribution in [1.29, 1.82) is 0 Å². The number of hydrogen-bond donors (Lipinski definition) is 0.